The van der Waals surface area contributed by atoms with Crippen molar-refractivity contribution in [3.05, 3.63) is 47.0 Å². The third-order valence-electron chi connectivity index (χ3n) is 2.82. The molecule has 0 radical (unpaired) electrons. The molecule has 0 atom stereocenters. The molecule has 0 aliphatic rings. The molecular weight excluding hydrogens is 330 g/mol. The van der Waals surface area contributed by atoms with Crippen molar-refractivity contribution in [1.82, 2.24) is 15.0 Å². The van der Waals surface area contributed by atoms with E-state index in [4.69, 9.17) is 5.73 Å². The summed E-state index contributed by atoms with van der Waals surface area (Å²) in [4.78, 5) is 11.3. The Labute approximate surface area is 120 Å². The van der Waals surface area contributed by atoms with Crippen molar-refractivity contribution in [3.63, 3.8) is 0 Å². The van der Waals surface area contributed by atoms with Crippen LogP contribution >= 0.6 is 15.9 Å². The van der Waals surface area contributed by atoms with Gasteiger partial charge in [0.15, 0.2) is 10.4 Å². The summed E-state index contributed by atoms with van der Waals surface area (Å²) >= 11 is 2.92. The molecule has 0 unspecified atom stereocenters. The second-order valence-corrected chi connectivity index (χ2v) is 4.85. The summed E-state index contributed by atoms with van der Waals surface area (Å²) in [6.45, 7) is 0. The summed E-state index contributed by atoms with van der Waals surface area (Å²) in [6.07, 6.45) is 3.15. The van der Waals surface area contributed by atoms with E-state index in [0.717, 1.165) is 5.39 Å². The number of nitrogens with zero attached hydrogens (tertiary/aromatic N) is 3. The zero-order chi connectivity index (χ0) is 14.3. The predicted molar refractivity (Wildman–Crippen MR) is 74.8 cm³/mol. The molecule has 7 heteroatoms. The molecule has 2 N–H and O–H groups in total. The summed E-state index contributed by atoms with van der Waals surface area (Å²) in [5, 5.41) is 1.43. The van der Waals surface area contributed by atoms with E-state index < -0.39 is 11.8 Å². The minimum Gasteiger partial charge on any atom is -0.382 e. The molecule has 2 heterocycles. The molecule has 0 amide bonds. The summed E-state index contributed by atoms with van der Waals surface area (Å²) in [7, 11) is 0. The van der Waals surface area contributed by atoms with E-state index in [2.05, 4.69) is 30.9 Å². The van der Waals surface area contributed by atoms with Crippen molar-refractivity contribution in [2.24, 2.45) is 0 Å². The Balaban J connectivity index is 2.29. The molecule has 20 heavy (non-hydrogen) atoms. The number of pyridine rings is 1. The second kappa shape index (κ2) is 4.75. The lowest BCUT2D eigenvalue weighted by atomic mass is 10.1. The standard InChI is InChI=1S/C13H7BrF2N4/c14-11-12(16)20-13(17)10(19-11)8-3-6-1-2-18-5-7(6)4-9(8)15/h1-5H,(H2,17,20). The van der Waals surface area contributed by atoms with Gasteiger partial charge in [0, 0.05) is 23.3 Å². The monoisotopic (exact) mass is 336 g/mol. The van der Waals surface area contributed by atoms with Crippen LogP contribution < -0.4 is 5.73 Å². The summed E-state index contributed by atoms with van der Waals surface area (Å²) in [5.74, 6) is -1.53. The maximum Gasteiger partial charge on any atom is 0.247 e. The normalized spacial score (nSPS) is 10.9. The van der Waals surface area contributed by atoms with Gasteiger partial charge in [0.1, 0.15) is 11.5 Å². The number of hydrogen-bond acceptors (Lipinski definition) is 4. The predicted octanol–water partition coefficient (Wildman–Crippen LogP) is 3.31. The molecule has 0 saturated carbocycles. The minimum absolute atomic E-state index is 0.0921. The van der Waals surface area contributed by atoms with Crippen molar-refractivity contribution in [3.8, 4) is 11.3 Å². The molecule has 0 fully saturated rings. The van der Waals surface area contributed by atoms with Crippen LogP contribution in [0.1, 0.15) is 0 Å². The van der Waals surface area contributed by atoms with E-state index in [1.165, 1.54) is 6.07 Å². The average Bonchev–Trinajstić information content (AvgIpc) is 2.42. The lowest BCUT2D eigenvalue weighted by molar-refractivity contribution is 0.570. The van der Waals surface area contributed by atoms with Gasteiger partial charge in [-0.3, -0.25) is 4.98 Å². The Hall–Kier alpha value is -2.15. The quantitative estimate of drug-likeness (QED) is 0.740. The Kier molecular flexibility index (Phi) is 3.06. The molecule has 3 aromatic rings. The molecule has 0 aliphatic carbocycles. The number of nitrogens with two attached hydrogens (primary N) is 1. The zero-order valence-electron chi connectivity index (χ0n) is 9.94. The number of halogens is 3. The molecule has 1 aromatic carbocycles. The van der Waals surface area contributed by atoms with E-state index in [1.807, 2.05) is 0 Å². The first kappa shape index (κ1) is 12.9. The molecule has 2 aromatic heterocycles. The largest absolute Gasteiger partial charge is 0.382 e. The van der Waals surface area contributed by atoms with E-state index in [-0.39, 0.29) is 21.7 Å². The van der Waals surface area contributed by atoms with E-state index in [9.17, 15) is 8.78 Å². The van der Waals surface area contributed by atoms with Gasteiger partial charge in [-0.1, -0.05) is 0 Å². The van der Waals surface area contributed by atoms with Gasteiger partial charge >= 0.3 is 0 Å². The van der Waals surface area contributed by atoms with Gasteiger partial charge in [0.25, 0.3) is 0 Å². The average molecular weight is 337 g/mol. The number of rotatable bonds is 1. The number of benzene rings is 1. The van der Waals surface area contributed by atoms with Crippen LogP contribution in [-0.2, 0) is 0 Å². The Morgan fingerprint density at radius 3 is 2.70 bits per heavy atom. The number of anilines is 1. The lowest BCUT2D eigenvalue weighted by Gasteiger charge is -2.08. The number of aromatic nitrogens is 3. The molecule has 0 aliphatic heterocycles. The van der Waals surface area contributed by atoms with E-state index in [1.54, 1.807) is 24.5 Å². The SMILES string of the molecule is Nc1nc(F)c(Br)nc1-c1cc2ccncc2cc1F. The highest BCUT2D eigenvalue weighted by Gasteiger charge is 2.15. The first-order valence-corrected chi connectivity index (χ1v) is 6.37. The van der Waals surface area contributed by atoms with Gasteiger partial charge in [0.05, 0.1) is 0 Å². The Morgan fingerprint density at radius 2 is 1.90 bits per heavy atom. The maximum atomic E-state index is 14.2. The third-order valence-corrected chi connectivity index (χ3v) is 3.33. The van der Waals surface area contributed by atoms with E-state index in [0.29, 0.717) is 5.39 Å². The molecular formula is C13H7BrF2N4. The van der Waals surface area contributed by atoms with Crippen LogP contribution in [0, 0.1) is 11.8 Å². The molecule has 0 saturated heterocycles. The topological polar surface area (TPSA) is 64.7 Å². The number of nitrogen functional groups attached to an aromatic ring is 1. The lowest BCUT2D eigenvalue weighted by Crippen LogP contribution is -2.02. The smallest absolute Gasteiger partial charge is 0.247 e. The molecule has 3 rings (SSSR count). The summed E-state index contributed by atoms with van der Waals surface area (Å²) in [5.41, 5.74) is 5.88. The fraction of sp³-hybridized carbons (Fsp3) is 0. The van der Waals surface area contributed by atoms with Gasteiger partial charge in [-0.15, -0.1) is 0 Å². The number of fused-ring (bicyclic) bond motifs is 1. The van der Waals surface area contributed by atoms with Crippen molar-refractivity contribution in [2.45, 2.75) is 0 Å². The second-order valence-electron chi connectivity index (χ2n) is 4.09. The number of hydrogen-bond donors (Lipinski definition) is 1. The van der Waals surface area contributed by atoms with Crippen LogP contribution in [-0.4, -0.2) is 15.0 Å². The van der Waals surface area contributed by atoms with Gasteiger partial charge in [-0.2, -0.15) is 9.37 Å². The van der Waals surface area contributed by atoms with Gasteiger partial charge < -0.3 is 5.73 Å². The van der Waals surface area contributed by atoms with E-state index >= 15 is 0 Å². The third kappa shape index (κ3) is 2.09. The fourth-order valence-corrected chi connectivity index (χ4v) is 2.16. The van der Waals surface area contributed by atoms with Crippen molar-refractivity contribution in [2.75, 3.05) is 5.73 Å². The van der Waals surface area contributed by atoms with Crippen molar-refractivity contribution in [1.29, 1.82) is 0 Å². The highest BCUT2D eigenvalue weighted by atomic mass is 79.9. The maximum absolute atomic E-state index is 14.2. The van der Waals surface area contributed by atoms with Gasteiger partial charge in [0.2, 0.25) is 5.95 Å². The van der Waals surface area contributed by atoms with Crippen LogP contribution in [0.3, 0.4) is 0 Å². The van der Waals surface area contributed by atoms with Gasteiger partial charge in [-0.05, 0) is 39.5 Å². The van der Waals surface area contributed by atoms with Crippen LogP contribution in [0.2, 0.25) is 0 Å². The van der Waals surface area contributed by atoms with Crippen LogP contribution in [0.5, 0.6) is 0 Å². The zero-order valence-corrected chi connectivity index (χ0v) is 11.5. The Bertz CT molecular complexity index is 823. The summed E-state index contributed by atoms with van der Waals surface area (Å²) in [6, 6.07) is 4.65. The van der Waals surface area contributed by atoms with Crippen LogP contribution in [0.25, 0.3) is 22.0 Å². The first-order valence-electron chi connectivity index (χ1n) is 5.58. The first-order chi connectivity index (χ1) is 9.56. The van der Waals surface area contributed by atoms with Crippen LogP contribution in [0.15, 0.2) is 35.2 Å². The molecule has 4 nitrogen and oxygen atoms in total. The highest BCUT2D eigenvalue weighted by molar-refractivity contribution is 9.10. The molecule has 0 bridgehead atoms. The fourth-order valence-electron chi connectivity index (χ4n) is 1.89. The molecule has 0 spiro atoms. The highest BCUT2D eigenvalue weighted by Crippen LogP contribution is 2.30. The van der Waals surface area contributed by atoms with Gasteiger partial charge in [-0.25, -0.2) is 9.37 Å². The molecule has 100 valence electrons. The van der Waals surface area contributed by atoms with Crippen molar-refractivity contribution < 1.29 is 8.78 Å². The van der Waals surface area contributed by atoms with Crippen LogP contribution in [0.4, 0.5) is 14.6 Å². The minimum atomic E-state index is -0.836. The van der Waals surface area contributed by atoms with Crippen molar-refractivity contribution >= 4 is 32.5 Å². The Morgan fingerprint density at radius 1 is 1.10 bits per heavy atom. The summed E-state index contributed by atoms with van der Waals surface area (Å²) < 4.78 is 27.3.